The summed E-state index contributed by atoms with van der Waals surface area (Å²) in [6, 6.07) is 1.96. The lowest BCUT2D eigenvalue weighted by Gasteiger charge is -1.95. The molecule has 4 nitrogen and oxygen atoms in total. The summed E-state index contributed by atoms with van der Waals surface area (Å²) in [4.78, 5) is 0. The molecule has 2 rings (SSSR count). The van der Waals surface area contributed by atoms with Crippen LogP contribution in [0, 0.1) is 0 Å². The van der Waals surface area contributed by atoms with Gasteiger partial charge in [0.2, 0.25) is 0 Å². The van der Waals surface area contributed by atoms with E-state index in [9.17, 15) is 0 Å². The molecule has 0 saturated carbocycles. The zero-order chi connectivity index (χ0) is 7.68. The topological polar surface area (TPSA) is 43.1 Å². The molecule has 2 aromatic heterocycles. The standard InChI is InChI=1S/C7H8N4/c1-2-6-3-4-9-11-5-8-10-7(6)11/h3-5H,2H2,1H3. The van der Waals surface area contributed by atoms with Crippen LogP contribution in [0.1, 0.15) is 12.5 Å². The molecule has 0 aliphatic carbocycles. The third-order valence-electron chi connectivity index (χ3n) is 1.67. The number of nitrogens with zero attached hydrogens (tertiary/aromatic N) is 4. The lowest BCUT2D eigenvalue weighted by molar-refractivity contribution is 0.910. The molecule has 56 valence electrons. The molecule has 0 aromatic carbocycles. The van der Waals surface area contributed by atoms with Gasteiger partial charge in [-0.25, -0.2) is 4.52 Å². The Balaban J connectivity index is 2.79. The Hall–Kier alpha value is -1.45. The van der Waals surface area contributed by atoms with Gasteiger partial charge in [0.1, 0.15) is 6.33 Å². The average molecular weight is 148 g/mol. The van der Waals surface area contributed by atoms with Gasteiger partial charge < -0.3 is 0 Å². The molecule has 0 saturated heterocycles. The fraction of sp³-hybridized carbons (Fsp3) is 0.286. The van der Waals surface area contributed by atoms with E-state index in [-0.39, 0.29) is 0 Å². The zero-order valence-corrected chi connectivity index (χ0v) is 6.23. The van der Waals surface area contributed by atoms with Gasteiger partial charge in [-0.1, -0.05) is 6.92 Å². The molecule has 2 heterocycles. The maximum Gasteiger partial charge on any atom is 0.180 e. The summed E-state index contributed by atoms with van der Waals surface area (Å²) in [5.41, 5.74) is 2.03. The summed E-state index contributed by atoms with van der Waals surface area (Å²) in [6.45, 7) is 2.09. The van der Waals surface area contributed by atoms with Gasteiger partial charge in [-0.2, -0.15) is 5.10 Å². The smallest absolute Gasteiger partial charge is 0.180 e. The third kappa shape index (κ3) is 0.869. The number of aromatic nitrogens is 4. The Kier molecular flexibility index (Phi) is 1.31. The molecule has 0 radical (unpaired) electrons. The van der Waals surface area contributed by atoms with Crippen LogP contribution in [-0.4, -0.2) is 19.8 Å². The molecule has 0 aliphatic rings. The predicted molar refractivity (Wildman–Crippen MR) is 40.2 cm³/mol. The van der Waals surface area contributed by atoms with Crippen molar-refractivity contribution in [2.24, 2.45) is 0 Å². The Labute approximate surface area is 63.9 Å². The van der Waals surface area contributed by atoms with Crippen LogP contribution in [-0.2, 0) is 6.42 Å². The average Bonchev–Trinajstić information content (AvgIpc) is 2.50. The van der Waals surface area contributed by atoms with E-state index in [4.69, 9.17) is 0 Å². The highest BCUT2D eigenvalue weighted by Crippen LogP contribution is 2.04. The van der Waals surface area contributed by atoms with Gasteiger partial charge in [-0.05, 0) is 12.5 Å². The number of aryl methyl sites for hydroxylation is 1. The Bertz CT molecular complexity index is 365. The Morgan fingerprint density at radius 2 is 2.45 bits per heavy atom. The molecular formula is C7H8N4. The van der Waals surface area contributed by atoms with Crippen molar-refractivity contribution in [3.8, 4) is 0 Å². The first-order valence-corrected chi connectivity index (χ1v) is 3.55. The van der Waals surface area contributed by atoms with Crippen LogP contribution in [0.3, 0.4) is 0 Å². The summed E-state index contributed by atoms with van der Waals surface area (Å²) < 4.78 is 1.68. The van der Waals surface area contributed by atoms with Gasteiger partial charge in [0.25, 0.3) is 0 Å². The van der Waals surface area contributed by atoms with Crippen molar-refractivity contribution in [3.05, 3.63) is 24.2 Å². The summed E-state index contributed by atoms with van der Waals surface area (Å²) in [7, 11) is 0. The lowest BCUT2D eigenvalue weighted by atomic mass is 10.2. The van der Waals surface area contributed by atoms with Crippen molar-refractivity contribution < 1.29 is 0 Å². The summed E-state index contributed by atoms with van der Waals surface area (Å²) >= 11 is 0. The first-order chi connectivity index (χ1) is 5.42. The normalized spacial score (nSPS) is 10.6. The largest absolute Gasteiger partial charge is 0.200 e. The molecule has 0 aliphatic heterocycles. The predicted octanol–water partition coefficient (Wildman–Crippen LogP) is 0.687. The fourth-order valence-electron chi connectivity index (χ4n) is 1.07. The van der Waals surface area contributed by atoms with E-state index in [2.05, 4.69) is 22.2 Å². The van der Waals surface area contributed by atoms with Crippen molar-refractivity contribution in [2.45, 2.75) is 13.3 Å². The second-order valence-corrected chi connectivity index (χ2v) is 2.31. The zero-order valence-electron chi connectivity index (χ0n) is 6.23. The molecule has 11 heavy (non-hydrogen) atoms. The summed E-state index contributed by atoms with van der Waals surface area (Å²) in [5, 5.41) is 11.7. The molecule has 2 aromatic rings. The third-order valence-corrected chi connectivity index (χ3v) is 1.67. The van der Waals surface area contributed by atoms with Crippen LogP contribution in [0.2, 0.25) is 0 Å². The Morgan fingerprint density at radius 3 is 3.27 bits per heavy atom. The Morgan fingerprint density at radius 1 is 1.55 bits per heavy atom. The summed E-state index contributed by atoms with van der Waals surface area (Å²) in [6.07, 6.45) is 4.33. The van der Waals surface area contributed by atoms with Crippen molar-refractivity contribution >= 4 is 5.65 Å². The van der Waals surface area contributed by atoms with Gasteiger partial charge in [0.15, 0.2) is 5.65 Å². The number of fused-ring (bicyclic) bond motifs is 1. The van der Waals surface area contributed by atoms with Gasteiger partial charge in [0, 0.05) is 11.8 Å². The number of hydrogen-bond acceptors (Lipinski definition) is 3. The van der Waals surface area contributed by atoms with E-state index in [1.165, 1.54) is 5.56 Å². The van der Waals surface area contributed by atoms with Crippen molar-refractivity contribution in [1.82, 2.24) is 19.8 Å². The molecule has 0 atom stereocenters. The second-order valence-electron chi connectivity index (χ2n) is 2.31. The maximum absolute atomic E-state index is 4.04. The minimum absolute atomic E-state index is 0.856. The SMILES string of the molecule is CCc1ccnn2cnnc12. The second kappa shape index (κ2) is 2.30. The molecule has 0 fully saturated rings. The van der Waals surface area contributed by atoms with Crippen molar-refractivity contribution in [1.29, 1.82) is 0 Å². The highest BCUT2D eigenvalue weighted by atomic mass is 15.3. The van der Waals surface area contributed by atoms with Crippen molar-refractivity contribution in [2.75, 3.05) is 0 Å². The molecule has 0 N–H and O–H groups in total. The van der Waals surface area contributed by atoms with Gasteiger partial charge in [-0.3, -0.25) is 0 Å². The molecular weight excluding hydrogens is 140 g/mol. The number of rotatable bonds is 1. The van der Waals surface area contributed by atoms with E-state index in [1.54, 1.807) is 17.0 Å². The summed E-state index contributed by atoms with van der Waals surface area (Å²) in [5.74, 6) is 0. The highest BCUT2D eigenvalue weighted by Gasteiger charge is 1.99. The first-order valence-electron chi connectivity index (χ1n) is 3.55. The van der Waals surface area contributed by atoms with E-state index in [0.717, 1.165) is 12.1 Å². The van der Waals surface area contributed by atoms with Crippen LogP contribution >= 0.6 is 0 Å². The minimum Gasteiger partial charge on any atom is -0.200 e. The van der Waals surface area contributed by atoms with Gasteiger partial charge in [-0.15, -0.1) is 10.2 Å². The maximum atomic E-state index is 4.04. The first kappa shape index (κ1) is 6.27. The molecule has 0 bridgehead atoms. The van der Waals surface area contributed by atoms with E-state index >= 15 is 0 Å². The van der Waals surface area contributed by atoms with E-state index in [1.807, 2.05) is 6.07 Å². The van der Waals surface area contributed by atoms with Crippen LogP contribution < -0.4 is 0 Å². The lowest BCUT2D eigenvalue weighted by Crippen LogP contribution is -1.93. The highest BCUT2D eigenvalue weighted by molar-refractivity contribution is 5.44. The number of hydrogen-bond donors (Lipinski definition) is 0. The van der Waals surface area contributed by atoms with E-state index in [0.29, 0.717) is 0 Å². The molecule has 0 spiro atoms. The van der Waals surface area contributed by atoms with Crippen molar-refractivity contribution in [3.63, 3.8) is 0 Å². The van der Waals surface area contributed by atoms with Crippen LogP contribution in [0.25, 0.3) is 5.65 Å². The molecule has 0 unspecified atom stereocenters. The fourth-order valence-corrected chi connectivity index (χ4v) is 1.07. The monoisotopic (exact) mass is 148 g/mol. The quantitative estimate of drug-likeness (QED) is 0.597. The molecule has 0 amide bonds. The van der Waals surface area contributed by atoms with Crippen LogP contribution in [0.15, 0.2) is 18.6 Å². The van der Waals surface area contributed by atoms with E-state index < -0.39 is 0 Å². The van der Waals surface area contributed by atoms with Gasteiger partial charge in [0.05, 0.1) is 0 Å². The molecule has 4 heteroatoms. The minimum atomic E-state index is 0.856. The van der Waals surface area contributed by atoms with Crippen LogP contribution in [0.5, 0.6) is 0 Å². The van der Waals surface area contributed by atoms with Crippen LogP contribution in [0.4, 0.5) is 0 Å². The van der Waals surface area contributed by atoms with Gasteiger partial charge >= 0.3 is 0 Å².